The first kappa shape index (κ1) is 11.2. The van der Waals surface area contributed by atoms with Crippen LogP contribution >= 0.6 is 0 Å². The number of nitrogens with one attached hydrogen (secondary N) is 1. The van der Waals surface area contributed by atoms with Gasteiger partial charge in [-0.1, -0.05) is 19.3 Å². The van der Waals surface area contributed by atoms with E-state index in [1.807, 2.05) is 0 Å². The Morgan fingerprint density at radius 3 is 2.94 bits per heavy atom. The number of hydrogen-bond donors (Lipinski definition) is 1. The van der Waals surface area contributed by atoms with Gasteiger partial charge in [0.1, 0.15) is 0 Å². The number of hydrogen-bond acceptors (Lipinski definition) is 3. The normalized spacial score (nSPS) is 17.3. The lowest BCUT2D eigenvalue weighted by atomic mass is 9.89. The van der Waals surface area contributed by atoms with E-state index >= 15 is 0 Å². The van der Waals surface area contributed by atoms with Gasteiger partial charge < -0.3 is 9.88 Å². The molecule has 0 saturated heterocycles. The van der Waals surface area contributed by atoms with Crippen LogP contribution in [0.1, 0.15) is 32.1 Å². The molecular weight excluding hydrogens is 202 g/mol. The summed E-state index contributed by atoms with van der Waals surface area (Å²) < 4.78 is 1.55. The lowest BCUT2D eigenvalue weighted by Crippen LogP contribution is -2.25. The van der Waals surface area contributed by atoms with Crippen LogP contribution in [0.15, 0.2) is 17.2 Å². The van der Waals surface area contributed by atoms with Gasteiger partial charge in [-0.05, 0) is 18.8 Å². The molecule has 0 radical (unpaired) electrons. The van der Waals surface area contributed by atoms with Gasteiger partial charge in [-0.15, -0.1) is 0 Å². The van der Waals surface area contributed by atoms with Crippen molar-refractivity contribution in [2.75, 3.05) is 11.9 Å². The molecule has 0 spiro atoms. The van der Waals surface area contributed by atoms with Gasteiger partial charge in [0, 0.05) is 26.0 Å². The number of anilines is 1. The minimum Gasteiger partial charge on any atom is -0.365 e. The predicted octanol–water partition coefficient (Wildman–Crippen LogP) is 1.77. The smallest absolute Gasteiger partial charge is 0.293 e. The zero-order valence-corrected chi connectivity index (χ0v) is 9.78. The minimum atomic E-state index is -0.0432. The second kappa shape index (κ2) is 5.14. The van der Waals surface area contributed by atoms with Crippen LogP contribution in [0.2, 0.25) is 0 Å². The average molecular weight is 221 g/mol. The molecule has 0 bridgehead atoms. The third-order valence-electron chi connectivity index (χ3n) is 3.30. The van der Waals surface area contributed by atoms with E-state index in [2.05, 4.69) is 10.3 Å². The summed E-state index contributed by atoms with van der Waals surface area (Å²) in [5.74, 6) is 1.19. The molecule has 88 valence electrons. The van der Waals surface area contributed by atoms with Crippen LogP contribution in [0.3, 0.4) is 0 Å². The number of rotatable bonds is 3. The average Bonchev–Trinajstić information content (AvgIpc) is 2.32. The first-order valence-electron chi connectivity index (χ1n) is 6.03. The largest absolute Gasteiger partial charge is 0.365 e. The molecule has 0 aliphatic heterocycles. The molecule has 1 heterocycles. The quantitative estimate of drug-likeness (QED) is 0.846. The number of aryl methyl sites for hydroxylation is 1. The third kappa shape index (κ3) is 2.62. The molecule has 0 aromatic carbocycles. The van der Waals surface area contributed by atoms with Crippen molar-refractivity contribution in [2.24, 2.45) is 13.0 Å². The Morgan fingerprint density at radius 2 is 2.19 bits per heavy atom. The first-order valence-corrected chi connectivity index (χ1v) is 6.03. The van der Waals surface area contributed by atoms with E-state index in [0.29, 0.717) is 11.7 Å². The summed E-state index contributed by atoms with van der Waals surface area (Å²) in [6.45, 7) is 0.881. The topological polar surface area (TPSA) is 46.9 Å². The van der Waals surface area contributed by atoms with Gasteiger partial charge in [0.2, 0.25) is 0 Å². The summed E-state index contributed by atoms with van der Waals surface area (Å²) in [5, 5.41) is 3.18. The van der Waals surface area contributed by atoms with E-state index in [1.165, 1.54) is 32.1 Å². The van der Waals surface area contributed by atoms with E-state index < -0.39 is 0 Å². The maximum atomic E-state index is 11.7. The van der Waals surface area contributed by atoms with E-state index in [-0.39, 0.29) is 5.56 Å². The Kier molecular flexibility index (Phi) is 3.59. The SMILES string of the molecule is Cn1ccnc(NCC2CCCCC2)c1=O. The van der Waals surface area contributed by atoms with Gasteiger partial charge in [0.25, 0.3) is 5.56 Å². The van der Waals surface area contributed by atoms with E-state index in [1.54, 1.807) is 24.0 Å². The van der Waals surface area contributed by atoms with Crippen molar-refractivity contribution in [3.63, 3.8) is 0 Å². The molecular formula is C12H19N3O. The minimum absolute atomic E-state index is 0.0432. The van der Waals surface area contributed by atoms with Crippen LogP contribution < -0.4 is 10.9 Å². The van der Waals surface area contributed by atoms with Gasteiger partial charge >= 0.3 is 0 Å². The molecule has 1 aromatic heterocycles. The van der Waals surface area contributed by atoms with Crippen LogP contribution in [0.25, 0.3) is 0 Å². The van der Waals surface area contributed by atoms with E-state index in [4.69, 9.17) is 0 Å². The summed E-state index contributed by atoms with van der Waals surface area (Å²) in [4.78, 5) is 15.8. The van der Waals surface area contributed by atoms with Gasteiger partial charge in [-0.2, -0.15) is 0 Å². The van der Waals surface area contributed by atoms with Gasteiger partial charge in [0.15, 0.2) is 5.82 Å². The fourth-order valence-electron chi connectivity index (χ4n) is 2.25. The van der Waals surface area contributed by atoms with Crippen molar-refractivity contribution in [2.45, 2.75) is 32.1 Å². The standard InChI is InChI=1S/C12H19N3O/c1-15-8-7-13-11(12(15)16)14-9-10-5-3-2-4-6-10/h7-8,10H,2-6,9H2,1H3,(H,13,14). The third-order valence-corrected chi connectivity index (χ3v) is 3.30. The summed E-state index contributed by atoms with van der Waals surface area (Å²) in [5.41, 5.74) is -0.0432. The maximum Gasteiger partial charge on any atom is 0.293 e. The molecule has 0 amide bonds. The Labute approximate surface area is 95.7 Å². The van der Waals surface area contributed by atoms with Crippen molar-refractivity contribution in [1.29, 1.82) is 0 Å². The molecule has 2 rings (SSSR count). The van der Waals surface area contributed by atoms with Gasteiger partial charge in [-0.3, -0.25) is 4.79 Å². The zero-order valence-electron chi connectivity index (χ0n) is 9.78. The molecule has 1 N–H and O–H groups in total. The number of nitrogens with zero attached hydrogens (tertiary/aromatic N) is 2. The lowest BCUT2D eigenvalue weighted by molar-refractivity contribution is 0.373. The first-order chi connectivity index (χ1) is 7.77. The van der Waals surface area contributed by atoms with Crippen molar-refractivity contribution in [3.8, 4) is 0 Å². The zero-order chi connectivity index (χ0) is 11.4. The Bertz CT molecular complexity index is 393. The molecule has 1 aliphatic carbocycles. The molecule has 1 aromatic rings. The molecule has 0 unspecified atom stereocenters. The Balaban J connectivity index is 1.94. The van der Waals surface area contributed by atoms with Crippen LogP contribution in [0.5, 0.6) is 0 Å². The fourth-order valence-corrected chi connectivity index (χ4v) is 2.25. The summed E-state index contributed by atoms with van der Waals surface area (Å²) in [6, 6.07) is 0. The fraction of sp³-hybridized carbons (Fsp3) is 0.667. The maximum absolute atomic E-state index is 11.7. The second-order valence-electron chi connectivity index (χ2n) is 4.58. The summed E-state index contributed by atoms with van der Waals surface area (Å²) in [6.07, 6.45) is 9.90. The molecule has 4 heteroatoms. The van der Waals surface area contributed by atoms with Crippen molar-refractivity contribution < 1.29 is 0 Å². The highest BCUT2D eigenvalue weighted by Crippen LogP contribution is 2.23. The number of aromatic nitrogens is 2. The van der Waals surface area contributed by atoms with E-state index in [0.717, 1.165) is 6.54 Å². The summed E-state index contributed by atoms with van der Waals surface area (Å²) in [7, 11) is 1.75. The highest BCUT2D eigenvalue weighted by atomic mass is 16.1. The predicted molar refractivity (Wildman–Crippen MR) is 64.5 cm³/mol. The lowest BCUT2D eigenvalue weighted by Gasteiger charge is -2.21. The Hall–Kier alpha value is -1.32. The van der Waals surface area contributed by atoms with Crippen molar-refractivity contribution in [3.05, 3.63) is 22.7 Å². The van der Waals surface area contributed by atoms with Crippen LogP contribution in [-0.2, 0) is 7.05 Å². The molecule has 1 fully saturated rings. The molecule has 1 aliphatic rings. The van der Waals surface area contributed by atoms with Crippen LogP contribution in [0.4, 0.5) is 5.82 Å². The summed E-state index contributed by atoms with van der Waals surface area (Å²) >= 11 is 0. The second-order valence-corrected chi connectivity index (χ2v) is 4.58. The molecule has 0 atom stereocenters. The highest BCUT2D eigenvalue weighted by Gasteiger charge is 2.13. The molecule has 4 nitrogen and oxygen atoms in total. The van der Waals surface area contributed by atoms with Crippen LogP contribution in [-0.4, -0.2) is 16.1 Å². The highest BCUT2D eigenvalue weighted by molar-refractivity contribution is 5.30. The van der Waals surface area contributed by atoms with Gasteiger partial charge in [-0.25, -0.2) is 4.98 Å². The van der Waals surface area contributed by atoms with E-state index in [9.17, 15) is 4.79 Å². The molecule has 16 heavy (non-hydrogen) atoms. The Morgan fingerprint density at radius 1 is 1.44 bits per heavy atom. The van der Waals surface area contributed by atoms with Crippen molar-refractivity contribution >= 4 is 5.82 Å². The molecule has 1 saturated carbocycles. The van der Waals surface area contributed by atoms with Crippen LogP contribution in [0, 0.1) is 5.92 Å². The van der Waals surface area contributed by atoms with Crippen molar-refractivity contribution in [1.82, 2.24) is 9.55 Å². The van der Waals surface area contributed by atoms with Gasteiger partial charge in [0.05, 0.1) is 0 Å². The monoisotopic (exact) mass is 221 g/mol.